The quantitative estimate of drug-likeness (QED) is 0.665. The van der Waals surface area contributed by atoms with E-state index >= 15 is 0 Å². The second kappa shape index (κ2) is 5.62. The molecule has 3 aromatic rings. The molecule has 1 heterocycles. The predicted molar refractivity (Wildman–Crippen MR) is 82.3 cm³/mol. The number of ketones is 1. The van der Waals surface area contributed by atoms with Crippen LogP contribution in [0.25, 0.3) is 11.0 Å². The third-order valence-electron chi connectivity index (χ3n) is 3.28. The summed E-state index contributed by atoms with van der Waals surface area (Å²) in [6, 6.07) is 14.4. The van der Waals surface area contributed by atoms with Crippen LogP contribution in [0.4, 0.5) is 0 Å². The Bertz CT molecular complexity index is 787. The van der Waals surface area contributed by atoms with Crippen LogP contribution in [0, 0.1) is 0 Å². The molecule has 21 heavy (non-hydrogen) atoms. The number of ether oxygens (including phenoxy) is 1. The number of hydrogen-bond donors (Lipinski definition) is 0. The maximum absolute atomic E-state index is 12.3. The average molecular weight is 301 g/mol. The van der Waals surface area contributed by atoms with Gasteiger partial charge in [0.05, 0.1) is 7.11 Å². The maximum atomic E-state index is 12.3. The zero-order chi connectivity index (χ0) is 14.8. The Labute approximate surface area is 127 Å². The molecular weight excluding hydrogens is 288 g/mol. The van der Waals surface area contributed by atoms with Gasteiger partial charge in [0.1, 0.15) is 11.3 Å². The highest BCUT2D eigenvalue weighted by Crippen LogP contribution is 2.24. The van der Waals surface area contributed by atoms with Crippen molar-refractivity contribution in [1.82, 2.24) is 0 Å². The van der Waals surface area contributed by atoms with Crippen LogP contribution >= 0.6 is 11.6 Å². The number of rotatable bonds is 4. The molecule has 0 aliphatic carbocycles. The van der Waals surface area contributed by atoms with E-state index in [1.807, 2.05) is 24.3 Å². The lowest BCUT2D eigenvalue weighted by Gasteiger charge is -2.01. The molecule has 0 aliphatic heterocycles. The largest absolute Gasteiger partial charge is 0.497 e. The summed E-state index contributed by atoms with van der Waals surface area (Å²) >= 11 is 5.93. The molecule has 0 radical (unpaired) electrons. The van der Waals surface area contributed by atoms with E-state index in [4.69, 9.17) is 20.8 Å². The van der Waals surface area contributed by atoms with Gasteiger partial charge >= 0.3 is 0 Å². The summed E-state index contributed by atoms with van der Waals surface area (Å²) in [6.45, 7) is 0. The number of Topliss-reactive ketones (excluding diaryl/α,β-unsaturated/α-hetero) is 1. The molecule has 1 aromatic heterocycles. The molecule has 3 nitrogen and oxygen atoms in total. The molecule has 0 aliphatic rings. The summed E-state index contributed by atoms with van der Waals surface area (Å²) in [6.07, 6.45) is 0.289. The molecule has 0 bridgehead atoms. The monoisotopic (exact) mass is 300 g/mol. The van der Waals surface area contributed by atoms with Crippen molar-refractivity contribution >= 4 is 28.4 Å². The van der Waals surface area contributed by atoms with E-state index in [1.54, 1.807) is 31.4 Å². The summed E-state index contributed by atoms with van der Waals surface area (Å²) in [5, 5.41) is 1.46. The van der Waals surface area contributed by atoms with Gasteiger partial charge in [0, 0.05) is 16.8 Å². The van der Waals surface area contributed by atoms with Gasteiger partial charge < -0.3 is 9.15 Å². The maximum Gasteiger partial charge on any atom is 0.202 e. The number of carbonyl (C=O) groups is 1. The first-order valence-corrected chi connectivity index (χ1v) is 6.89. The zero-order valence-corrected chi connectivity index (χ0v) is 12.2. The third kappa shape index (κ3) is 2.93. The van der Waals surface area contributed by atoms with Crippen molar-refractivity contribution in [1.29, 1.82) is 0 Å². The molecule has 0 saturated carbocycles. The lowest BCUT2D eigenvalue weighted by atomic mass is 10.1. The van der Waals surface area contributed by atoms with Crippen LogP contribution in [0.3, 0.4) is 0 Å². The Morgan fingerprint density at radius 3 is 2.62 bits per heavy atom. The van der Waals surface area contributed by atoms with Crippen molar-refractivity contribution in [2.75, 3.05) is 7.11 Å². The van der Waals surface area contributed by atoms with E-state index in [9.17, 15) is 4.79 Å². The van der Waals surface area contributed by atoms with Gasteiger partial charge in [-0.1, -0.05) is 23.7 Å². The van der Waals surface area contributed by atoms with E-state index in [1.165, 1.54) is 0 Å². The van der Waals surface area contributed by atoms with Gasteiger partial charge in [-0.3, -0.25) is 4.79 Å². The highest BCUT2D eigenvalue weighted by Gasteiger charge is 2.13. The van der Waals surface area contributed by atoms with Gasteiger partial charge in [0.15, 0.2) is 5.76 Å². The molecule has 0 amide bonds. The Kier molecular flexibility index (Phi) is 3.67. The average Bonchev–Trinajstić information content (AvgIpc) is 2.91. The van der Waals surface area contributed by atoms with Crippen LogP contribution in [0.1, 0.15) is 16.1 Å². The van der Waals surface area contributed by atoms with Gasteiger partial charge in [-0.15, -0.1) is 0 Å². The van der Waals surface area contributed by atoms with Gasteiger partial charge in [0.2, 0.25) is 5.78 Å². The summed E-state index contributed by atoms with van der Waals surface area (Å²) in [5.41, 5.74) is 1.58. The first-order valence-electron chi connectivity index (χ1n) is 6.51. The molecule has 0 saturated heterocycles. The second-order valence-corrected chi connectivity index (χ2v) is 5.18. The standard InChI is InChI=1S/C17H13ClO3/c1-20-14-5-2-11(3-6-14)8-15(19)17-10-12-9-13(18)4-7-16(12)21-17/h2-7,9-10H,8H2,1H3. The molecule has 106 valence electrons. The van der Waals surface area contributed by atoms with E-state index < -0.39 is 0 Å². The fraction of sp³-hybridized carbons (Fsp3) is 0.118. The highest BCUT2D eigenvalue weighted by molar-refractivity contribution is 6.31. The Morgan fingerprint density at radius 1 is 1.14 bits per heavy atom. The number of hydrogen-bond acceptors (Lipinski definition) is 3. The first kappa shape index (κ1) is 13.7. The Hall–Kier alpha value is -2.26. The molecule has 2 aromatic carbocycles. The fourth-order valence-electron chi connectivity index (χ4n) is 2.17. The van der Waals surface area contributed by atoms with Crippen molar-refractivity contribution < 1.29 is 13.9 Å². The van der Waals surface area contributed by atoms with Crippen LogP contribution in [0.5, 0.6) is 5.75 Å². The van der Waals surface area contributed by atoms with Crippen molar-refractivity contribution in [3.63, 3.8) is 0 Å². The predicted octanol–water partition coefficient (Wildman–Crippen LogP) is 4.52. The number of carbonyl (C=O) groups excluding carboxylic acids is 1. The smallest absolute Gasteiger partial charge is 0.202 e. The molecule has 0 spiro atoms. The van der Waals surface area contributed by atoms with E-state index in [0.29, 0.717) is 16.4 Å². The van der Waals surface area contributed by atoms with E-state index in [-0.39, 0.29) is 12.2 Å². The van der Waals surface area contributed by atoms with E-state index in [0.717, 1.165) is 16.7 Å². The second-order valence-electron chi connectivity index (χ2n) is 4.74. The zero-order valence-electron chi connectivity index (χ0n) is 11.4. The van der Waals surface area contributed by atoms with Gasteiger partial charge in [-0.05, 0) is 42.0 Å². The molecule has 3 rings (SSSR count). The lowest BCUT2D eigenvalue weighted by molar-refractivity contribution is 0.0968. The number of halogens is 1. The van der Waals surface area contributed by atoms with Crippen LogP contribution in [-0.2, 0) is 6.42 Å². The minimum absolute atomic E-state index is 0.0625. The number of methoxy groups -OCH3 is 1. The molecule has 0 fully saturated rings. The van der Waals surface area contributed by atoms with Crippen molar-refractivity contribution in [3.8, 4) is 5.75 Å². The van der Waals surface area contributed by atoms with Crippen molar-refractivity contribution in [2.24, 2.45) is 0 Å². The Balaban J connectivity index is 1.82. The lowest BCUT2D eigenvalue weighted by Crippen LogP contribution is -2.01. The number of fused-ring (bicyclic) bond motifs is 1. The summed E-state index contributed by atoms with van der Waals surface area (Å²) < 4.78 is 10.7. The first-order chi connectivity index (χ1) is 10.2. The topological polar surface area (TPSA) is 39.4 Å². The minimum atomic E-state index is -0.0625. The third-order valence-corrected chi connectivity index (χ3v) is 3.51. The van der Waals surface area contributed by atoms with Gasteiger partial charge in [0.25, 0.3) is 0 Å². The molecule has 0 N–H and O–H groups in total. The van der Waals surface area contributed by atoms with Crippen LogP contribution in [0.2, 0.25) is 5.02 Å². The van der Waals surface area contributed by atoms with Crippen molar-refractivity contribution in [2.45, 2.75) is 6.42 Å². The van der Waals surface area contributed by atoms with Gasteiger partial charge in [-0.2, -0.15) is 0 Å². The number of furan rings is 1. The van der Waals surface area contributed by atoms with Gasteiger partial charge in [-0.25, -0.2) is 0 Å². The summed E-state index contributed by atoms with van der Waals surface area (Å²) in [5.74, 6) is 1.06. The van der Waals surface area contributed by atoms with Crippen LogP contribution in [-0.4, -0.2) is 12.9 Å². The number of benzene rings is 2. The molecule has 0 unspecified atom stereocenters. The summed E-state index contributed by atoms with van der Waals surface area (Å²) in [4.78, 5) is 12.3. The van der Waals surface area contributed by atoms with E-state index in [2.05, 4.69) is 0 Å². The normalized spacial score (nSPS) is 10.8. The Morgan fingerprint density at radius 2 is 1.90 bits per heavy atom. The highest BCUT2D eigenvalue weighted by atomic mass is 35.5. The fourth-order valence-corrected chi connectivity index (χ4v) is 2.35. The summed E-state index contributed by atoms with van der Waals surface area (Å²) in [7, 11) is 1.61. The van der Waals surface area contributed by atoms with Crippen LogP contribution in [0.15, 0.2) is 52.9 Å². The molecular formula is C17H13ClO3. The van der Waals surface area contributed by atoms with Crippen molar-refractivity contribution in [3.05, 3.63) is 64.9 Å². The minimum Gasteiger partial charge on any atom is -0.497 e. The molecule has 0 atom stereocenters. The SMILES string of the molecule is COc1ccc(CC(=O)c2cc3cc(Cl)ccc3o2)cc1. The molecule has 4 heteroatoms. The van der Waals surface area contributed by atoms with Crippen LogP contribution < -0.4 is 4.74 Å².